The quantitative estimate of drug-likeness (QED) is 0.668. The minimum Gasteiger partial charge on any atom is -0.387 e. The maximum atomic E-state index is 12.1. The van der Waals surface area contributed by atoms with Crippen LogP contribution in [0.4, 0.5) is 26.3 Å². The molecule has 2 atom stereocenters. The van der Waals surface area contributed by atoms with Crippen molar-refractivity contribution in [1.29, 1.82) is 0 Å². The second-order valence-corrected chi connectivity index (χ2v) is 2.25. The number of alkyl halides is 6. The summed E-state index contributed by atoms with van der Waals surface area (Å²) >= 11 is 0. The van der Waals surface area contributed by atoms with Crippen LogP contribution in [0.15, 0.2) is 0 Å². The molecule has 0 aliphatic heterocycles. The maximum absolute atomic E-state index is 12.1. The molecule has 0 aromatic heterocycles. The van der Waals surface area contributed by atoms with Crippen molar-refractivity contribution in [2.75, 3.05) is 0 Å². The Bertz CT molecular complexity index is 151. The molecular formula is C5H6F6O. The van der Waals surface area contributed by atoms with Gasteiger partial charge < -0.3 is 5.11 Å². The van der Waals surface area contributed by atoms with E-state index in [4.69, 9.17) is 5.11 Å². The van der Waals surface area contributed by atoms with Crippen molar-refractivity contribution >= 4 is 0 Å². The summed E-state index contributed by atoms with van der Waals surface area (Å²) in [5.41, 5.74) is 0. The highest BCUT2D eigenvalue weighted by atomic mass is 19.4. The third-order valence-electron chi connectivity index (χ3n) is 1.18. The molecule has 74 valence electrons. The summed E-state index contributed by atoms with van der Waals surface area (Å²) in [5, 5.41) is 8.12. The molecule has 2 unspecified atom stereocenters. The molecule has 0 saturated heterocycles. The van der Waals surface area contributed by atoms with E-state index in [0.29, 0.717) is 6.92 Å². The minimum atomic E-state index is -5.65. The van der Waals surface area contributed by atoms with Gasteiger partial charge in [-0.25, -0.2) is 13.2 Å². The molecular weight excluding hydrogens is 190 g/mol. The zero-order chi connectivity index (χ0) is 10.2. The zero-order valence-electron chi connectivity index (χ0n) is 5.87. The fraction of sp³-hybridized carbons (Fsp3) is 1.00. The summed E-state index contributed by atoms with van der Waals surface area (Å²) in [5.74, 6) is -4.79. The van der Waals surface area contributed by atoms with Crippen molar-refractivity contribution in [3.05, 3.63) is 0 Å². The van der Waals surface area contributed by atoms with E-state index in [1.54, 1.807) is 0 Å². The van der Waals surface area contributed by atoms with Crippen LogP contribution in [-0.2, 0) is 0 Å². The second kappa shape index (κ2) is 3.12. The molecule has 0 saturated carbocycles. The van der Waals surface area contributed by atoms with Gasteiger partial charge in [0.05, 0.1) is 0 Å². The largest absolute Gasteiger partial charge is 0.425 e. The Balaban J connectivity index is 4.57. The molecule has 0 aliphatic carbocycles. The zero-order valence-corrected chi connectivity index (χ0v) is 5.87. The molecule has 0 heterocycles. The Hall–Kier alpha value is -0.460. The lowest BCUT2D eigenvalue weighted by Crippen LogP contribution is -2.48. The highest BCUT2D eigenvalue weighted by molar-refractivity contribution is 4.86. The van der Waals surface area contributed by atoms with Gasteiger partial charge in [0.2, 0.25) is 0 Å². The van der Waals surface area contributed by atoms with Crippen LogP contribution >= 0.6 is 0 Å². The van der Waals surface area contributed by atoms with E-state index >= 15 is 0 Å². The van der Waals surface area contributed by atoms with Crippen molar-refractivity contribution in [2.24, 2.45) is 0 Å². The average molecular weight is 196 g/mol. The van der Waals surface area contributed by atoms with Gasteiger partial charge >= 0.3 is 12.1 Å². The highest BCUT2D eigenvalue weighted by Gasteiger charge is 2.59. The lowest BCUT2D eigenvalue weighted by molar-refractivity contribution is -0.265. The van der Waals surface area contributed by atoms with E-state index < -0.39 is 24.4 Å². The van der Waals surface area contributed by atoms with Crippen LogP contribution < -0.4 is 0 Å². The Morgan fingerprint density at radius 3 is 1.50 bits per heavy atom. The van der Waals surface area contributed by atoms with E-state index in [9.17, 15) is 26.3 Å². The Labute approximate surface area is 64.0 Å². The van der Waals surface area contributed by atoms with Gasteiger partial charge in [-0.3, -0.25) is 0 Å². The molecule has 0 amide bonds. The first-order chi connectivity index (χ1) is 5.10. The number of hydrogen-bond acceptors (Lipinski definition) is 1. The minimum absolute atomic E-state index is 0.387. The van der Waals surface area contributed by atoms with Gasteiger partial charge in [0.1, 0.15) is 6.10 Å². The maximum Gasteiger partial charge on any atom is 0.425 e. The van der Waals surface area contributed by atoms with Gasteiger partial charge in [0.25, 0.3) is 6.17 Å². The first-order valence-corrected chi connectivity index (χ1v) is 2.86. The highest BCUT2D eigenvalue weighted by Crippen LogP contribution is 2.36. The molecule has 7 heteroatoms. The van der Waals surface area contributed by atoms with Crippen LogP contribution in [0.5, 0.6) is 0 Å². The molecule has 0 aliphatic rings. The average Bonchev–Trinajstić information content (AvgIpc) is 1.83. The molecule has 0 radical (unpaired) electrons. The third-order valence-corrected chi connectivity index (χ3v) is 1.18. The van der Waals surface area contributed by atoms with E-state index in [2.05, 4.69) is 0 Å². The number of aliphatic hydroxyl groups is 1. The number of hydrogen-bond donors (Lipinski definition) is 1. The predicted octanol–water partition coefficient (Wildman–Crippen LogP) is 1.90. The SMILES string of the molecule is CC(O)C(F)(F)C(F)C(F)(F)F. The number of aliphatic hydroxyl groups excluding tert-OH is 1. The molecule has 0 spiro atoms. The van der Waals surface area contributed by atoms with Crippen LogP contribution in [0.2, 0.25) is 0 Å². The normalized spacial score (nSPS) is 19.0. The Kier molecular flexibility index (Phi) is 3.00. The van der Waals surface area contributed by atoms with Gasteiger partial charge in [0, 0.05) is 0 Å². The van der Waals surface area contributed by atoms with Crippen LogP contribution in [0.25, 0.3) is 0 Å². The molecule has 0 aromatic carbocycles. The molecule has 1 nitrogen and oxygen atoms in total. The van der Waals surface area contributed by atoms with Gasteiger partial charge in [-0.2, -0.15) is 13.2 Å². The van der Waals surface area contributed by atoms with Crippen molar-refractivity contribution in [3.8, 4) is 0 Å². The summed E-state index contributed by atoms with van der Waals surface area (Å²) in [7, 11) is 0. The summed E-state index contributed by atoms with van der Waals surface area (Å²) in [6.45, 7) is 0.387. The molecule has 1 N–H and O–H groups in total. The van der Waals surface area contributed by atoms with Gasteiger partial charge in [0.15, 0.2) is 0 Å². The lowest BCUT2D eigenvalue weighted by atomic mass is 10.1. The fourth-order valence-corrected chi connectivity index (χ4v) is 0.430. The van der Waals surface area contributed by atoms with Crippen LogP contribution in [0.3, 0.4) is 0 Å². The van der Waals surface area contributed by atoms with E-state index in [1.165, 1.54) is 0 Å². The Morgan fingerprint density at radius 2 is 1.42 bits per heavy atom. The first kappa shape index (κ1) is 11.5. The standard InChI is InChI=1S/C5H6F6O/c1-2(12)4(7,8)3(6)5(9,10)11/h2-3,12H,1H3. The molecule has 0 aromatic rings. The Morgan fingerprint density at radius 1 is 1.08 bits per heavy atom. The van der Waals surface area contributed by atoms with Crippen molar-refractivity contribution < 1.29 is 31.4 Å². The van der Waals surface area contributed by atoms with E-state index in [1.807, 2.05) is 0 Å². The molecule has 0 bridgehead atoms. The summed E-state index contributed by atoms with van der Waals surface area (Å²) < 4.78 is 70.1. The summed E-state index contributed by atoms with van der Waals surface area (Å²) in [6, 6.07) is 0. The molecule has 0 fully saturated rings. The molecule has 0 rings (SSSR count). The van der Waals surface area contributed by atoms with Crippen LogP contribution in [0.1, 0.15) is 6.92 Å². The predicted molar refractivity (Wildman–Crippen MR) is 27.6 cm³/mol. The van der Waals surface area contributed by atoms with Crippen LogP contribution in [-0.4, -0.2) is 29.5 Å². The topological polar surface area (TPSA) is 20.2 Å². The fourth-order valence-electron chi connectivity index (χ4n) is 0.430. The number of halogens is 6. The van der Waals surface area contributed by atoms with Crippen molar-refractivity contribution in [2.45, 2.75) is 31.3 Å². The van der Waals surface area contributed by atoms with Crippen molar-refractivity contribution in [3.63, 3.8) is 0 Å². The van der Waals surface area contributed by atoms with E-state index in [-0.39, 0.29) is 0 Å². The first-order valence-electron chi connectivity index (χ1n) is 2.86. The van der Waals surface area contributed by atoms with Gasteiger partial charge in [-0.1, -0.05) is 0 Å². The smallest absolute Gasteiger partial charge is 0.387 e. The monoisotopic (exact) mass is 196 g/mol. The third kappa shape index (κ3) is 2.26. The van der Waals surface area contributed by atoms with E-state index in [0.717, 1.165) is 0 Å². The summed E-state index contributed by atoms with van der Waals surface area (Å²) in [6.07, 6.45) is -12.7. The van der Waals surface area contributed by atoms with Gasteiger partial charge in [-0.15, -0.1) is 0 Å². The van der Waals surface area contributed by atoms with Gasteiger partial charge in [-0.05, 0) is 6.92 Å². The number of rotatable bonds is 2. The molecule has 12 heavy (non-hydrogen) atoms. The lowest BCUT2D eigenvalue weighted by Gasteiger charge is -2.24. The second-order valence-electron chi connectivity index (χ2n) is 2.25. The summed E-state index contributed by atoms with van der Waals surface area (Å²) in [4.78, 5) is 0. The van der Waals surface area contributed by atoms with Crippen LogP contribution in [0, 0.1) is 0 Å². The van der Waals surface area contributed by atoms with Crippen molar-refractivity contribution in [1.82, 2.24) is 0 Å².